The lowest BCUT2D eigenvalue weighted by atomic mass is 9.85. The minimum absolute atomic E-state index is 0.00892. The van der Waals surface area contributed by atoms with Crippen molar-refractivity contribution in [1.29, 1.82) is 0 Å². The van der Waals surface area contributed by atoms with Crippen molar-refractivity contribution in [2.45, 2.75) is 70.2 Å². The van der Waals surface area contributed by atoms with Crippen molar-refractivity contribution in [3.63, 3.8) is 0 Å². The number of rotatable bonds is 5. The molecule has 0 bridgehead atoms. The number of hydrogen-bond donors (Lipinski definition) is 2. The largest absolute Gasteiger partial charge is 0.490 e. The first kappa shape index (κ1) is 23.7. The van der Waals surface area contributed by atoms with Crippen molar-refractivity contribution in [3.8, 4) is 5.75 Å². The first-order valence-corrected chi connectivity index (χ1v) is 11.9. The summed E-state index contributed by atoms with van der Waals surface area (Å²) < 4.78 is 34.8. The fourth-order valence-corrected chi connectivity index (χ4v) is 4.98. The Kier molecular flexibility index (Phi) is 5.77. The molecule has 11 heteroatoms. The van der Waals surface area contributed by atoms with E-state index in [9.17, 15) is 23.5 Å². The number of fused-ring (bicyclic) bond motifs is 1. The van der Waals surface area contributed by atoms with Crippen molar-refractivity contribution in [2.24, 2.45) is 5.41 Å². The fraction of sp³-hybridized carbons (Fsp3) is 0.583. The Labute approximate surface area is 201 Å². The van der Waals surface area contributed by atoms with Gasteiger partial charge in [0.15, 0.2) is 0 Å². The molecule has 1 saturated carbocycles. The molecule has 3 unspecified atom stereocenters. The first-order valence-electron chi connectivity index (χ1n) is 11.9. The molecule has 2 aliphatic heterocycles. The molecule has 188 valence electrons. The van der Waals surface area contributed by atoms with Crippen LogP contribution in [0, 0.1) is 17.0 Å². The van der Waals surface area contributed by atoms with Crippen LogP contribution in [0.2, 0.25) is 0 Å². The lowest BCUT2D eigenvalue weighted by molar-refractivity contribution is -0.144. The topological polar surface area (TPSA) is 110 Å². The van der Waals surface area contributed by atoms with Crippen molar-refractivity contribution in [3.05, 3.63) is 41.2 Å². The molecule has 0 radical (unpaired) electrons. The number of amides is 2. The average Bonchev–Trinajstić information content (AvgIpc) is 3.16. The Bertz CT molecular complexity index is 1160. The van der Waals surface area contributed by atoms with Gasteiger partial charge in [-0.2, -0.15) is 0 Å². The third-order valence-electron chi connectivity index (χ3n) is 6.83. The summed E-state index contributed by atoms with van der Waals surface area (Å²) in [6.07, 6.45) is 3.06. The van der Waals surface area contributed by atoms with Crippen molar-refractivity contribution < 1.29 is 28.2 Å². The van der Waals surface area contributed by atoms with Crippen LogP contribution >= 0.6 is 0 Å². The van der Waals surface area contributed by atoms with Gasteiger partial charge >= 0.3 is 0 Å². The number of halogens is 2. The van der Waals surface area contributed by atoms with Crippen LogP contribution in [0.5, 0.6) is 5.75 Å². The minimum Gasteiger partial charge on any atom is -0.490 e. The molecule has 2 amide bonds. The molecule has 5 rings (SSSR count). The van der Waals surface area contributed by atoms with Crippen molar-refractivity contribution >= 4 is 11.8 Å². The van der Waals surface area contributed by atoms with Crippen LogP contribution in [0.1, 0.15) is 69.3 Å². The molecule has 1 aromatic heterocycles. The maximum Gasteiger partial charge on any atom is 0.248 e. The third-order valence-corrected chi connectivity index (χ3v) is 6.83. The number of carbonyl (C=O) groups is 2. The zero-order chi connectivity index (χ0) is 25.1. The van der Waals surface area contributed by atoms with Gasteiger partial charge in [-0.25, -0.2) is 13.5 Å². The van der Waals surface area contributed by atoms with E-state index in [0.29, 0.717) is 5.92 Å². The number of carbonyl (C=O) groups excluding carboxylic acids is 2. The summed E-state index contributed by atoms with van der Waals surface area (Å²) >= 11 is 0. The van der Waals surface area contributed by atoms with Gasteiger partial charge in [-0.1, -0.05) is 26.0 Å². The lowest BCUT2D eigenvalue weighted by Gasteiger charge is -2.34. The molecule has 9 nitrogen and oxygen atoms in total. The quantitative estimate of drug-likeness (QED) is 0.667. The number of β-amino-alcohol motifs (C(OH)–C–C–N with tert-alkyl or cyclic N) is 1. The summed E-state index contributed by atoms with van der Waals surface area (Å²) in [4.78, 5) is 28.4. The van der Waals surface area contributed by atoms with E-state index in [1.807, 2.05) is 20.8 Å². The summed E-state index contributed by atoms with van der Waals surface area (Å²) in [5, 5.41) is 21.5. The first-order chi connectivity index (χ1) is 16.5. The van der Waals surface area contributed by atoms with Crippen LogP contribution in [0.4, 0.5) is 8.78 Å². The van der Waals surface area contributed by atoms with Crippen LogP contribution in [-0.4, -0.2) is 62.1 Å². The smallest absolute Gasteiger partial charge is 0.248 e. The number of benzene rings is 1. The number of aliphatic hydroxyl groups excluding tert-OH is 1. The number of nitrogens with one attached hydrogen (secondary N) is 1. The highest BCUT2D eigenvalue weighted by atomic mass is 19.1. The van der Waals surface area contributed by atoms with E-state index in [1.165, 1.54) is 4.90 Å². The SMILES string of the molecule is CC(C)(C)[C@@H](C(=O)N1CC(O)CC1C(=O)NC1COc2cc(F)cc(F)c21)n1cc(C2CC2)nn1. The molecule has 3 heterocycles. The van der Waals surface area contributed by atoms with Gasteiger partial charge in [-0.15, -0.1) is 5.10 Å². The maximum atomic E-state index is 14.4. The van der Waals surface area contributed by atoms with Gasteiger partial charge in [0, 0.05) is 37.2 Å². The number of aliphatic hydroxyl groups is 1. The van der Waals surface area contributed by atoms with E-state index in [2.05, 4.69) is 15.6 Å². The maximum absolute atomic E-state index is 14.4. The van der Waals surface area contributed by atoms with E-state index in [4.69, 9.17) is 4.74 Å². The van der Waals surface area contributed by atoms with Gasteiger partial charge in [0.2, 0.25) is 11.8 Å². The fourth-order valence-electron chi connectivity index (χ4n) is 4.98. The summed E-state index contributed by atoms with van der Waals surface area (Å²) in [6.45, 7) is 5.65. The molecular formula is C24H29F2N5O4. The molecule has 2 N–H and O–H groups in total. The standard InChI is InChI=1S/C24H29F2N5O4/c1-24(2,3)21(31-10-16(28-29-31)12-4-5-12)23(34)30-9-14(32)8-18(30)22(33)27-17-11-35-19-7-13(25)6-15(26)20(17)19/h6-7,10,12,14,17-18,21,32H,4-5,8-9,11H2,1-3H3,(H,27,33)/t14?,17?,18?,21-/m1/s1. The Balaban J connectivity index is 1.37. The second-order valence-electron chi connectivity index (χ2n) is 10.7. The molecular weight excluding hydrogens is 460 g/mol. The number of likely N-dealkylation sites (tertiary alicyclic amines) is 1. The van der Waals surface area contributed by atoms with Gasteiger partial charge in [-0.3, -0.25) is 9.59 Å². The van der Waals surface area contributed by atoms with Crippen LogP contribution in [0.3, 0.4) is 0 Å². The molecule has 3 aliphatic rings. The van der Waals surface area contributed by atoms with Crippen LogP contribution in [-0.2, 0) is 9.59 Å². The Hall–Kier alpha value is -3.08. The van der Waals surface area contributed by atoms with Crippen molar-refractivity contribution in [1.82, 2.24) is 25.2 Å². The predicted molar refractivity (Wildman–Crippen MR) is 119 cm³/mol. The highest BCUT2D eigenvalue weighted by Gasteiger charge is 2.46. The second kappa shape index (κ2) is 8.54. The monoisotopic (exact) mass is 489 g/mol. The summed E-state index contributed by atoms with van der Waals surface area (Å²) in [6, 6.07) is -0.714. The molecule has 2 fully saturated rings. The van der Waals surface area contributed by atoms with E-state index in [1.54, 1.807) is 10.9 Å². The van der Waals surface area contributed by atoms with E-state index in [-0.39, 0.29) is 36.8 Å². The molecule has 4 atom stereocenters. The van der Waals surface area contributed by atoms with Crippen LogP contribution < -0.4 is 10.1 Å². The van der Waals surface area contributed by atoms with Gasteiger partial charge in [0.05, 0.1) is 23.4 Å². The van der Waals surface area contributed by atoms with E-state index < -0.39 is 47.2 Å². The summed E-state index contributed by atoms with van der Waals surface area (Å²) in [7, 11) is 0. The Morgan fingerprint density at radius 1 is 1.26 bits per heavy atom. The molecule has 1 aromatic carbocycles. The Morgan fingerprint density at radius 2 is 2.00 bits per heavy atom. The average molecular weight is 490 g/mol. The summed E-state index contributed by atoms with van der Waals surface area (Å²) in [5.74, 6) is -2.06. The van der Waals surface area contributed by atoms with Gasteiger partial charge in [0.25, 0.3) is 0 Å². The van der Waals surface area contributed by atoms with Crippen LogP contribution in [0.25, 0.3) is 0 Å². The predicted octanol–water partition coefficient (Wildman–Crippen LogP) is 2.23. The lowest BCUT2D eigenvalue weighted by Crippen LogP contribution is -2.51. The highest BCUT2D eigenvalue weighted by Crippen LogP contribution is 2.40. The Morgan fingerprint density at radius 3 is 2.69 bits per heavy atom. The molecule has 2 aromatic rings. The molecule has 1 saturated heterocycles. The molecule has 1 aliphatic carbocycles. The second-order valence-corrected chi connectivity index (χ2v) is 10.7. The third kappa shape index (κ3) is 4.49. The van der Waals surface area contributed by atoms with Crippen LogP contribution in [0.15, 0.2) is 18.3 Å². The van der Waals surface area contributed by atoms with Gasteiger partial charge in [0.1, 0.15) is 36.1 Å². The van der Waals surface area contributed by atoms with E-state index >= 15 is 0 Å². The number of hydrogen-bond acceptors (Lipinski definition) is 6. The zero-order valence-electron chi connectivity index (χ0n) is 19.9. The van der Waals surface area contributed by atoms with Crippen molar-refractivity contribution in [2.75, 3.05) is 13.2 Å². The minimum atomic E-state index is -0.957. The number of nitrogens with zero attached hydrogens (tertiary/aromatic N) is 4. The number of ether oxygens (including phenoxy) is 1. The normalized spacial score (nSPS) is 24.7. The number of aromatic nitrogens is 3. The van der Waals surface area contributed by atoms with Gasteiger partial charge in [-0.05, 0) is 18.3 Å². The van der Waals surface area contributed by atoms with E-state index in [0.717, 1.165) is 30.7 Å². The molecule has 0 spiro atoms. The molecule has 35 heavy (non-hydrogen) atoms. The van der Waals surface area contributed by atoms with Gasteiger partial charge < -0.3 is 20.1 Å². The zero-order valence-corrected chi connectivity index (χ0v) is 19.9. The summed E-state index contributed by atoms with van der Waals surface area (Å²) in [5.41, 5.74) is 0.367. The highest BCUT2D eigenvalue weighted by molar-refractivity contribution is 5.90.